The molecule has 0 amide bonds. The number of benzene rings is 1. The van der Waals surface area contributed by atoms with Crippen molar-refractivity contribution >= 4 is 5.96 Å². The van der Waals surface area contributed by atoms with Crippen LogP contribution < -0.4 is 4.74 Å². The number of hydrogen-bond donors (Lipinski definition) is 0. The van der Waals surface area contributed by atoms with E-state index in [1.165, 1.54) is 0 Å². The van der Waals surface area contributed by atoms with Gasteiger partial charge in [-0.25, -0.2) is 4.99 Å². The van der Waals surface area contributed by atoms with Crippen molar-refractivity contribution in [3.05, 3.63) is 29.8 Å². The molecule has 0 saturated heterocycles. The maximum Gasteiger partial charge on any atom is 0.195 e. The van der Waals surface area contributed by atoms with Crippen LogP contribution >= 0.6 is 0 Å². The number of guanidine groups is 1. The van der Waals surface area contributed by atoms with E-state index in [0.29, 0.717) is 13.2 Å². The van der Waals surface area contributed by atoms with Crippen LogP contribution in [0.4, 0.5) is 0 Å². The highest BCUT2D eigenvalue weighted by Crippen LogP contribution is 2.14. The maximum absolute atomic E-state index is 5.48. The molecule has 1 aromatic carbocycles. The van der Waals surface area contributed by atoms with Crippen molar-refractivity contribution in [2.24, 2.45) is 4.99 Å². The summed E-state index contributed by atoms with van der Waals surface area (Å²) in [5.74, 6) is 1.86. The minimum Gasteiger partial charge on any atom is -0.494 e. The highest BCUT2D eigenvalue weighted by molar-refractivity contribution is 5.79. The van der Waals surface area contributed by atoms with E-state index in [2.05, 4.69) is 11.1 Å². The zero-order valence-electron chi connectivity index (χ0n) is 12.0. The van der Waals surface area contributed by atoms with Crippen molar-refractivity contribution in [2.75, 3.05) is 34.8 Å². The molecule has 0 aliphatic heterocycles. The molecule has 0 bridgehead atoms. The fourth-order valence-corrected chi connectivity index (χ4v) is 1.75. The van der Waals surface area contributed by atoms with Gasteiger partial charge in [-0.05, 0) is 24.6 Å². The highest BCUT2D eigenvalue weighted by atomic mass is 16.5. The smallest absolute Gasteiger partial charge is 0.195 e. The molecule has 0 fully saturated rings. The van der Waals surface area contributed by atoms with E-state index in [1.54, 1.807) is 0 Å². The first-order chi connectivity index (χ1) is 8.54. The predicted octanol–water partition coefficient (Wildman–Crippen LogP) is 2.06. The summed E-state index contributed by atoms with van der Waals surface area (Å²) in [7, 11) is 7.98. The van der Waals surface area contributed by atoms with Crippen molar-refractivity contribution in [3.63, 3.8) is 0 Å². The molecule has 0 unspecified atom stereocenters. The molecule has 0 spiro atoms. The second-order valence-corrected chi connectivity index (χ2v) is 4.49. The van der Waals surface area contributed by atoms with Crippen LogP contribution in [0, 0.1) is 0 Å². The van der Waals surface area contributed by atoms with Gasteiger partial charge in [-0.3, -0.25) is 0 Å². The number of aliphatic imine (C=N–C) groups is 1. The van der Waals surface area contributed by atoms with Gasteiger partial charge in [0.25, 0.3) is 0 Å². The van der Waals surface area contributed by atoms with Gasteiger partial charge in [-0.2, -0.15) is 0 Å². The average molecular weight is 249 g/mol. The molecule has 0 radical (unpaired) electrons. The third-order valence-corrected chi connectivity index (χ3v) is 2.41. The standard InChI is InChI=1S/C14H23N3O/c1-6-18-13-9-7-8-12(10-13)11-15-14(16(2)3)17(4)5/h7-10H,6,11H2,1-5H3. The first-order valence-corrected chi connectivity index (χ1v) is 6.15. The number of rotatable bonds is 4. The van der Waals surface area contributed by atoms with Crippen molar-refractivity contribution in [2.45, 2.75) is 13.5 Å². The monoisotopic (exact) mass is 249 g/mol. The lowest BCUT2D eigenvalue weighted by Gasteiger charge is -2.22. The molecule has 0 saturated carbocycles. The van der Waals surface area contributed by atoms with Gasteiger partial charge in [0, 0.05) is 28.2 Å². The molecule has 0 aromatic heterocycles. The first kappa shape index (κ1) is 14.4. The Morgan fingerprint density at radius 2 is 1.83 bits per heavy atom. The minimum absolute atomic E-state index is 0.659. The first-order valence-electron chi connectivity index (χ1n) is 6.15. The van der Waals surface area contributed by atoms with E-state index in [1.807, 2.05) is 63.1 Å². The van der Waals surface area contributed by atoms with Crippen molar-refractivity contribution in [1.29, 1.82) is 0 Å². The summed E-state index contributed by atoms with van der Waals surface area (Å²) in [6.07, 6.45) is 0. The molecule has 4 heteroatoms. The second kappa shape index (κ2) is 6.89. The molecule has 1 aromatic rings. The van der Waals surface area contributed by atoms with Gasteiger partial charge < -0.3 is 14.5 Å². The summed E-state index contributed by atoms with van der Waals surface area (Å²) in [6, 6.07) is 8.07. The Labute approximate surface area is 110 Å². The number of hydrogen-bond acceptors (Lipinski definition) is 2. The largest absolute Gasteiger partial charge is 0.494 e. The normalized spacial score (nSPS) is 9.83. The third kappa shape index (κ3) is 4.28. The fourth-order valence-electron chi connectivity index (χ4n) is 1.75. The Morgan fingerprint density at radius 1 is 1.17 bits per heavy atom. The van der Waals surface area contributed by atoms with Crippen LogP contribution in [0.25, 0.3) is 0 Å². The fraction of sp³-hybridized carbons (Fsp3) is 0.500. The van der Waals surface area contributed by atoms with Gasteiger partial charge in [0.05, 0.1) is 13.2 Å². The molecular formula is C14H23N3O. The summed E-state index contributed by atoms with van der Waals surface area (Å²) >= 11 is 0. The lowest BCUT2D eigenvalue weighted by Crippen LogP contribution is -2.35. The van der Waals surface area contributed by atoms with Crippen molar-refractivity contribution in [3.8, 4) is 5.75 Å². The zero-order chi connectivity index (χ0) is 13.5. The van der Waals surface area contributed by atoms with Crippen LogP contribution in [-0.4, -0.2) is 50.6 Å². The van der Waals surface area contributed by atoms with E-state index in [-0.39, 0.29) is 0 Å². The molecule has 0 aliphatic carbocycles. The molecule has 100 valence electrons. The molecular weight excluding hydrogens is 226 g/mol. The van der Waals surface area contributed by atoms with Crippen LogP contribution in [0.1, 0.15) is 12.5 Å². The summed E-state index contributed by atoms with van der Waals surface area (Å²) in [6.45, 7) is 3.33. The van der Waals surface area contributed by atoms with Crippen molar-refractivity contribution < 1.29 is 4.74 Å². The topological polar surface area (TPSA) is 28.1 Å². The molecule has 1 rings (SSSR count). The second-order valence-electron chi connectivity index (χ2n) is 4.49. The SMILES string of the molecule is CCOc1cccc(CN=C(N(C)C)N(C)C)c1. The van der Waals surface area contributed by atoms with E-state index in [0.717, 1.165) is 17.3 Å². The van der Waals surface area contributed by atoms with E-state index >= 15 is 0 Å². The molecule has 18 heavy (non-hydrogen) atoms. The summed E-state index contributed by atoms with van der Waals surface area (Å²) < 4.78 is 5.48. The van der Waals surface area contributed by atoms with Gasteiger partial charge in [0.2, 0.25) is 0 Å². The Kier molecular flexibility index (Phi) is 5.49. The van der Waals surface area contributed by atoms with Crippen LogP contribution in [0.3, 0.4) is 0 Å². The Balaban J connectivity index is 2.77. The van der Waals surface area contributed by atoms with Crippen LogP contribution in [0.2, 0.25) is 0 Å². The molecule has 0 aliphatic rings. The number of ether oxygens (including phenoxy) is 1. The minimum atomic E-state index is 0.659. The third-order valence-electron chi connectivity index (χ3n) is 2.41. The van der Waals surface area contributed by atoms with E-state index < -0.39 is 0 Å². The van der Waals surface area contributed by atoms with Crippen LogP contribution in [-0.2, 0) is 6.54 Å². The van der Waals surface area contributed by atoms with E-state index in [4.69, 9.17) is 4.74 Å². The van der Waals surface area contributed by atoms with E-state index in [9.17, 15) is 0 Å². The maximum atomic E-state index is 5.48. The Bertz CT molecular complexity index is 390. The van der Waals surface area contributed by atoms with Crippen LogP contribution in [0.15, 0.2) is 29.3 Å². The molecule has 0 atom stereocenters. The van der Waals surface area contributed by atoms with Gasteiger partial charge >= 0.3 is 0 Å². The van der Waals surface area contributed by atoms with Crippen LogP contribution in [0.5, 0.6) is 5.75 Å². The van der Waals surface area contributed by atoms with Gasteiger partial charge in [0.15, 0.2) is 5.96 Å². The molecule has 0 heterocycles. The average Bonchev–Trinajstić information content (AvgIpc) is 2.29. The van der Waals surface area contributed by atoms with Gasteiger partial charge in [-0.1, -0.05) is 12.1 Å². The molecule has 0 N–H and O–H groups in total. The molecule has 4 nitrogen and oxygen atoms in total. The lowest BCUT2D eigenvalue weighted by atomic mass is 10.2. The number of nitrogens with zero attached hydrogens (tertiary/aromatic N) is 3. The van der Waals surface area contributed by atoms with Gasteiger partial charge in [-0.15, -0.1) is 0 Å². The summed E-state index contributed by atoms with van der Waals surface area (Å²) in [4.78, 5) is 8.62. The predicted molar refractivity (Wildman–Crippen MR) is 76.1 cm³/mol. The Morgan fingerprint density at radius 3 is 2.39 bits per heavy atom. The lowest BCUT2D eigenvalue weighted by molar-refractivity contribution is 0.340. The highest BCUT2D eigenvalue weighted by Gasteiger charge is 2.04. The van der Waals surface area contributed by atoms with Gasteiger partial charge in [0.1, 0.15) is 5.75 Å². The zero-order valence-corrected chi connectivity index (χ0v) is 12.0. The van der Waals surface area contributed by atoms with Crippen molar-refractivity contribution in [1.82, 2.24) is 9.80 Å². The Hall–Kier alpha value is -1.71. The summed E-state index contributed by atoms with van der Waals surface area (Å²) in [5.41, 5.74) is 1.15. The summed E-state index contributed by atoms with van der Waals surface area (Å²) in [5, 5.41) is 0. The quantitative estimate of drug-likeness (QED) is 0.604.